The van der Waals surface area contributed by atoms with Crippen LogP contribution in [0.1, 0.15) is 16.1 Å². The highest BCUT2D eigenvalue weighted by Gasteiger charge is 2.08. The molecule has 0 saturated heterocycles. The molecule has 1 amide bonds. The molecule has 21 heavy (non-hydrogen) atoms. The van der Waals surface area contributed by atoms with Crippen molar-refractivity contribution in [1.82, 2.24) is 20.3 Å². The normalized spacial score (nSPS) is 10.5. The van der Waals surface area contributed by atoms with Crippen molar-refractivity contribution >= 4 is 33.2 Å². The number of hydrogen-bond donors (Lipinski definition) is 1. The van der Waals surface area contributed by atoms with Crippen molar-refractivity contribution in [3.63, 3.8) is 0 Å². The van der Waals surface area contributed by atoms with Crippen LogP contribution in [0.15, 0.2) is 51.8 Å². The molecular formula is C14H11BrN4OS. The Morgan fingerprint density at radius 1 is 1.38 bits per heavy atom. The predicted octanol–water partition coefficient (Wildman–Crippen LogP) is 3.02. The van der Waals surface area contributed by atoms with Crippen molar-refractivity contribution in [3.05, 3.63) is 63.0 Å². The molecule has 0 aliphatic rings. The van der Waals surface area contributed by atoms with E-state index < -0.39 is 0 Å². The molecule has 2 heterocycles. The number of aromatic nitrogens is 3. The monoisotopic (exact) mass is 362 g/mol. The molecule has 1 N–H and O–H groups in total. The van der Waals surface area contributed by atoms with Gasteiger partial charge >= 0.3 is 0 Å². The first-order valence-electron chi connectivity index (χ1n) is 6.20. The summed E-state index contributed by atoms with van der Waals surface area (Å²) < 4.78 is 2.57. The van der Waals surface area contributed by atoms with Gasteiger partial charge in [0.2, 0.25) is 0 Å². The Morgan fingerprint density at radius 3 is 3.05 bits per heavy atom. The van der Waals surface area contributed by atoms with E-state index in [-0.39, 0.29) is 5.91 Å². The number of carbonyl (C=O) groups is 1. The lowest BCUT2D eigenvalue weighted by atomic mass is 10.2. The number of nitrogens with one attached hydrogen (secondary N) is 1. The third kappa shape index (κ3) is 3.37. The Bertz CT molecular complexity index is 754. The standard InChI is InChI=1S/C14H11BrN4OS/c15-11-3-1-2-10(6-11)14(20)16-7-12-8-19(18-17-12)13-4-5-21-9-13/h1-6,8-9H,7H2,(H,16,20). The molecule has 0 saturated carbocycles. The van der Waals surface area contributed by atoms with Crippen LogP contribution in [-0.2, 0) is 6.54 Å². The minimum absolute atomic E-state index is 0.138. The molecule has 2 aromatic heterocycles. The summed E-state index contributed by atoms with van der Waals surface area (Å²) in [5.41, 5.74) is 2.29. The van der Waals surface area contributed by atoms with E-state index in [2.05, 4.69) is 31.6 Å². The molecular weight excluding hydrogens is 352 g/mol. The topological polar surface area (TPSA) is 59.8 Å². The van der Waals surface area contributed by atoms with Gasteiger partial charge in [0.15, 0.2) is 0 Å². The largest absolute Gasteiger partial charge is 0.346 e. The number of amides is 1. The maximum absolute atomic E-state index is 12.0. The van der Waals surface area contributed by atoms with Crippen LogP contribution < -0.4 is 5.32 Å². The summed E-state index contributed by atoms with van der Waals surface area (Å²) in [5, 5.41) is 14.9. The Balaban J connectivity index is 1.64. The number of rotatable bonds is 4. The molecule has 0 aliphatic carbocycles. The highest BCUT2D eigenvalue weighted by molar-refractivity contribution is 9.10. The Morgan fingerprint density at radius 2 is 2.29 bits per heavy atom. The van der Waals surface area contributed by atoms with E-state index in [4.69, 9.17) is 0 Å². The Kier molecular flexibility index (Phi) is 4.12. The average Bonchev–Trinajstić information content (AvgIpc) is 3.15. The van der Waals surface area contributed by atoms with E-state index in [9.17, 15) is 4.79 Å². The predicted molar refractivity (Wildman–Crippen MR) is 84.5 cm³/mol. The third-order valence-electron chi connectivity index (χ3n) is 2.83. The summed E-state index contributed by atoms with van der Waals surface area (Å²) in [4.78, 5) is 12.0. The fraction of sp³-hybridized carbons (Fsp3) is 0.0714. The van der Waals surface area contributed by atoms with Crippen LogP contribution in [0.25, 0.3) is 5.69 Å². The average molecular weight is 363 g/mol. The number of halogens is 1. The minimum Gasteiger partial charge on any atom is -0.346 e. The van der Waals surface area contributed by atoms with E-state index in [1.165, 1.54) is 0 Å². The van der Waals surface area contributed by atoms with E-state index in [1.54, 1.807) is 28.2 Å². The SMILES string of the molecule is O=C(NCc1cn(-c2ccsc2)nn1)c1cccc(Br)c1. The van der Waals surface area contributed by atoms with Crippen molar-refractivity contribution in [2.75, 3.05) is 0 Å². The molecule has 0 unspecified atom stereocenters. The van der Waals surface area contributed by atoms with Gasteiger partial charge in [0.25, 0.3) is 5.91 Å². The maximum atomic E-state index is 12.0. The molecule has 3 aromatic rings. The zero-order valence-electron chi connectivity index (χ0n) is 10.9. The fourth-order valence-electron chi connectivity index (χ4n) is 1.80. The van der Waals surface area contributed by atoms with Gasteiger partial charge in [-0.25, -0.2) is 4.68 Å². The zero-order valence-corrected chi connectivity index (χ0v) is 13.3. The number of carbonyl (C=O) groups excluding carboxylic acids is 1. The molecule has 0 bridgehead atoms. The highest BCUT2D eigenvalue weighted by Crippen LogP contribution is 2.12. The van der Waals surface area contributed by atoms with Crippen LogP contribution in [0.2, 0.25) is 0 Å². The van der Waals surface area contributed by atoms with Crippen molar-refractivity contribution in [1.29, 1.82) is 0 Å². The summed E-state index contributed by atoms with van der Waals surface area (Å²) >= 11 is 4.94. The molecule has 0 spiro atoms. The molecule has 3 rings (SSSR count). The second kappa shape index (κ2) is 6.19. The van der Waals surface area contributed by atoms with E-state index in [0.29, 0.717) is 17.8 Å². The van der Waals surface area contributed by atoms with Gasteiger partial charge in [-0.05, 0) is 29.6 Å². The van der Waals surface area contributed by atoms with Gasteiger partial charge < -0.3 is 5.32 Å². The van der Waals surface area contributed by atoms with E-state index >= 15 is 0 Å². The fourth-order valence-corrected chi connectivity index (χ4v) is 2.82. The summed E-state index contributed by atoms with van der Waals surface area (Å²) in [6, 6.07) is 9.21. The molecule has 0 atom stereocenters. The van der Waals surface area contributed by atoms with Crippen LogP contribution >= 0.6 is 27.3 Å². The van der Waals surface area contributed by atoms with Gasteiger partial charge in [-0.2, -0.15) is 11.3 Å². The summed E-state index contributed by atoms with van der Waals surface area (Å²) in [7, 11) is 0. The van der Waals surface area contributed by atoms with Gasteiger partial charge in [0.1, 0.15) is 5.69 Å². The van der Waals surface area contributed by atoms with E-state index in [1.807, 2.05) is 35.2 Å². The summed E-state index contributed by atoms with van der Waals surface area (Å²) in [6.45, 7) is 0.343. The lowest BCUT2D eigenvalue weighted by Crippen LogP contribution is -2.22. The van der Waals surface area contributed by atoms with Gasteiger partial charge in [0, 0.05) is 15.4 Å². The number of benzene rings is 1. The van der Waals surface area contributed by atoms with Crippen molar-refractivity contribution in [3.8, 4) is 5.69 Å². The third-order valence-corrected chi connectivity index (χ3v) is 3.99. The zero-order chi connectivity index (χ0) is 14.7. The van der Waals surface area contributed by atoms with Crippen LogP contribution in [-0.4, -0.2) is 20.9 Å². The van der Waals surface area contributed by atoms with Gasteiger partial charge in [-0.3, -0.25) is 4.79 Å². The quantitative estimate of drug-likeness (QED) is 0.775. The molecule has 106 valence electrons. The second-order valence-electron chi connectivity index (χ2n) is 4.33. The molecule has 0 fully saturated rings. The van der Waals surface area contributed by atoms with Crippen LogP contribution in [0.4, 0.5) is 0 Å². The first-order chi connectivity index (χ1) is 10.2. The van der Waals surface area contributed by atoms with Crippen LogP contribution in [0, 0.1) is 0 Å². The smallest absolute Gasteiger partial charge is 0.251 e. The first-order valence-corrected chi connectivity index (χ1v) is 7.93. The van der Waals surface area contributed by atoms with Crippen molar-refractivity contribution in [2.45, 2.75) is 6.54 Å². The van der Waals surface area contributed by atoms with Gasteiger partial charge in [-0.15, -0.1) is 5.10 Å². The van der Waals surface area contributed by atoms with Crippen LogP contribution in [0.5, 0.6) is 0 Å². The molecule has 0 aliphatic heterocycles. The minimum atomic E-state index is -0.138. The van der Waals surface area contributed by atoms with Gasteiger partial charge in [-0.1, -0.05) is 27.2 Å². The Labute approximate surface area is 133 Å². The van der Waals surface area contributed by atoms with Crippen molar-refractivity contribution in [2.24, 2.45) is 0 Å². The summed E-state index contributed by atoms with van der Waals surface area (Å²) in [5.74, 6) is -0.138. The summed E-state index contributed by atoms with van der Waals surface area (Å²) in [6.07, 6.45) is 1.81. The highest BCUT2D eigenvalue weighted by atomic mass is 79.9. The molecule has 7 heteroatoms. The number of nitrogens with zero attached hydrogens (tertiary/aromatic N) is 3. The number of thiophene rings is 1. The van der Waals surface area contributed by atoms with E-state index in [0.717, 1.165) is 10.2 Å². The molecule has 1 aromatic carbocycles. The van der Waals surface area contributed by atoms with Crippen LogP contribution in [0.3, 0.4) is 0 Å². The Hall–Kier alpha value is -1.99. The lowest BCUT2D eigenvalue weighted by molar-refractivity contribution is 0.0950. The first kappa shape index (κ1) is 14.0. The molecule has 5 nitrogen and oxygen atoms in total. The second-order valence-corrected chi connectivity index (χ2v) is 6.02. The number of hydrogen-bond acceptors (Lipinski definition) is 4. The van der Waals surface area contributed by atoms with Gasteiger partial charge in [0.05, 0.1) is 18.4 Å². The van der Waals surface area contributed by atoms with Crippen molar-refractivity contribution < 1.29 is 4.79 Å². The lowest BCUT2D eigenvalue weighted by Gasteiger charge is -2.03. The maximum Gasteiger partial charge on any atom is 0.251 e. The molecule has 0 radical (unpaired) electrons.